The summed E-state index contributed by atoms with van der Waals surface area (Å²) in [6.07, 6.45) is 0. The predicted molar refractivity (Wildman–Crippen MR) is 47.0 cm³/mol. The highest BCUT2D eigenvalue weighted by atomic mass is 19.2. The standard InChI is InChI=1S/C10H7F2NO2/c1-2-15-10(14)7-4-3-6(5-13)8(11)9(7)12/h3-4H,2H2,1H3. The molecule has 0 fully saturated rings. The van der Waals surface area contributed by atoms with Gasteiger partial charge in [-0.05, 0) is 19.1 Å². The molecule has 0 atom stereocenters. The second kappa shape index (κ2) is 4.51. The lowest BCUT2D eigenvalue weighted by Gasteiger charge is -2.04. The molecule has 0 heterocycles. The van der Waals surface area contributed by atoms with Gasteiger partial charge in [0.15, 0.2) is 11.6 Å². The fraction of sp³-hybridized carbons (Fsp3) is 0.200. The smallest absolute Gasteiger partial charge is 0.341 e. The van der Waals surface area contributed by atoms with Crippen LogP contribution < -0.4 is 0 Å². The molecule has 0 saturated heterocycles. The Kier molecular flexibility index (Phi) is 3.34. The lowest BCUT2D eigenvalue weighted by atomic mass is 10.1. The van der Waals surface area contributed by atoms with Crippen LogP contribution in [0.4, 0.5) is 8.78 Å². The summed E-state index contributed by atoms with van der Waals surface area (Å²) in [6.45, 7) is 1.62. The summed E-state index contributed by atoms with van der Waals surface area (Å²) in [6, 6.07) is 3.52. The summed E-state index contributed by atoms with van der Waals surface area (Å²) in [5.41, 5.74) is -0.950. The van der Waals surface area contributed by atoms with Crippen molar-refractivity contribution in [1.29, 1.82) is 5.26 Å². The zero-order valence-corrected chi connectivity index (χ0v) is 7.88. The van der Waals surface area contributed by atoms with Gasteiger partial charge in [0.1, 0.15) is 6.07 Å². The average molecular weight is 211 g/mol. The molecule has 1 aromatic carbocycles. The number of benzene rings is 1. The lowest BCUT2D eigenvalue weighted by Crippen LogP contribution is -2.09. The van der Waals surface area contributed by atoms with E-state index >= 15 is 0 Å². The number of esters is 1. The van der Waals surface area contributed by atoms with Crippen molar-refractivity contribution in [2.45, 2.75) is 6.92 Å². The fourth-order valence-electron chi connectivity index (χ4n) is 1.00. The summed E-state index contributed by atoms with van der Waals surface area (Å²) in [5.74, 6) is -3.63. The van der Waals surface area contributed by atoms with Gasteiger partial charge in [0.05, 0.1) is 17.7 Å². The van der Waals surface area contributed by atoms with Crippen LogP contribution in [-0.4, -0.2) is 12.6 Å². The first-order valence-electron chi connectivity index (χ1n) is 4.17. The molecule has 1 rings (SSSR count). The Morgan fingerprint density at radius 1 is 1.47 bits per heavy atom. The molecule has 0 N–H and O–H groups in total. The molecule has 0 spiro atoms. The summed E-state index contributed by atoms with van der Waals surface area (Å²) >= 11 is 0. The van der Waals surface area contributed by atoms with E-state index in [0.717, 1.165) is 12.1 Å². The Hall–Kier alpha value is -1.96. The van der Waals surface area contributed by atoms with Gasteiger partial charge in [-0.25, -0.2) is 13.6 Å². The van der Waals surface area contributed by atoms with E-state index in [0.29, 0.717) is 0 Å². The van der Waals surface area contributed by atoms with Crippen LogP contribution in [0.3, 0.4) is 0 Å². The summed E-state index contributed by atoms with van der Waals surface area (Å²) in [5, 5.41) is 8.40. The minimum absolute atomic E-state index is 0.0693. The van der Waals surface area contributed by atoms with Crippen LogP contribution in [0, 0.1) is 23.0 Å². The number of nitriles is 1. The maximum absolute atomic E-state index is 13.2. The van der Waals surface area contributed by atoms with Gasteiger partial charge in [0.25, 0.3) is 0 Å². The molecule has 0 unspecified atom stereocenters. The van der Waals surface area contributed by atoms with Crippen molar-refractivity contribution in [3.8, 4) is 6.07 Å². The van der Waals surface area contributed by atoms with E-state index in [1.807, 2.05) is 0 Å². The van der Waals surface area contributed by atoms with Gasteiger partial charge in [-0.2, -0.15) is 5.26 Å². The largest absolute Gasteiger partial charge is 0.462 e. The van der Waals surface area contributed by atoms with Crippen LogP contribution in [-0.2, 0) is 4.74 Å². The van der Waals surface area contributed by atoms with Gasteiger partial charge in [0.2, 0.25) is 0 Å². The van der Waals surface area contributed by atoms with Gasteiger partial charge < -0.3 is 4.74 Å². The van der Waals surface area contributed by atoms with Gasteiger partial charge in [0, 0.05) is 0 Å². The van der Waals surface area contributed by atoms with Crippen molar-refractivity contribution in [3.63, 3.8) is 0 Å². The van der Waals surface area contributed by atoms with Crippen molar-refractivity contribution < 1.29 is 18.3 Å². The topological polar surface area (TPSA) is 50.1 Å². The highest BCUT2D eigenvalue weighted by Crippen LogP contribution is 2.16. The average Bonchev–Trinajstić information content (AvgIpc) is 2.22. The molecule has 0 radical (unpaired) electrons. The Labute approximate surface area is 84.9 Å². The van der Waals surface area contributed by atoms with Gasteiger partial charge in [-0.15, -0.1) is 0 Å². The molecular weight excluding hydrogens is 204 g/mol. The Bertz CT molecular complexity index is 438. The molecule has 0 aliphatic carbocycles. The molecule has 5 heteroatoms. The third kappa shape index (κ3) is 2.10. The molecule has 0 amide bonds. The zero-order valence-electron chi connectivity index (χ0n) is 7.88. The highest BCUT2D eigenvalue weighted by Gasteiger charge is 2.19. The quantitative estimate of drug-likeness (QED) is 0.703. The minimum atomic E-state index is -1.35. The van der Waals surface area contributed by atoms with Gasteiger partial charge in [-0.1, -0.05) is 0 Å². The fourth-order valence-corrected chi connectivity index (χ4v) is 1.00. The van der Waals surface area contributed by atoms with Crippen LogP contribution in [0.2, 0.25) is 0 Å². The molecule has 15 heavy (non-hydrogen) atoms. The van der Waals surface area contributed by atoms with Crippen molar-refractivity contribution in [1.82, 2.24) is 0 Å². The summed E-state index contributed by atoms with van der Waals surface area (Å²) in [4.78, 5) is 11.1. The van der Waals surface area contributed by atoms with Crippen LogP contribution >= 0.6 is 0 Å². The van der Waals surface area contributed by atoms with E-state index in [9.17, 15) is 13.6 Å². The molecular formula is C10H7F2NO2. The summed E-state index contributed by atoms with van der Waals surface area (Å²) < 4.78 is 30.8. The van der Waals surface area contributed by atoms with Crippen molar-refractivity contribution in [2.24, 2.45) is 0 Å². The van der Waals surface area contributed by atoms with Crippen LogP contribution in [0.1, 0.15) is 22.8 Å². The van der Waals surface area contributed by atoms with E-state index in [2.05, 4.69) is 4.74 Å². The Balaban J connectivity index is 3.19. The van der Waals surface area contributed by atoms with Gasteiger partial charge in [-0.3, -0.25) is 0 Å². The van der Waals surface area contributed by atoms with E-state index in [1.165, 1.54) is 6.07 Å². The molecule has 1 aromatic rings. The van der Waals surface area contributed by atoms with Crippen molar-refractivity contribution >= 4 is 5.97 Å². The summed E-state index contributed by atoms with van der Waals surface area (Å²) in [7, 11) is 0. The van der Waals surface area contributed by atoms with Crippen molar-refractivity contribution in [2.75, 3.05) is 6.61 Å². The molecule has 0 bridgehead atoms. The number of rotatable bonds is 2. The SMILES string of the molecule is CCOC(=O)c1ccc(C#N)c(F)c1F. The number of ether oxygens (including phenoxy) is 1. The first-order chi connectivity index (χ1) is 7.11. The lowest BCUT2D eigenvalue weighted by molar-refractivity contribution is 0.0520. The molecule has 0 aliphatic rings. The van der Waals surface area contributed by atoms with Crippen LogP contribution in [0.5, 0.6) is 0 Å². The number of halogens is 2. The van der Waals surface area contributed by atoms with Crippen molar-refractivity contribution in [3.05, 3.63) is 34.9 Å². The first kappa shape index (κ1) is 11.1. The molecule has 78 valence electrons. The third-order valence-corrected chi connectivity index (χ3v) is 1.70. The van der Waals surface area contributed by atoms with E-state index < -0.39 is 28.7 Å². The highest BCUT2D eigenvalue weighted by molar-refractivity contribution is 5.89. The van der Waals surface area contributed by atoms with E-state index in [-0.39, 0.29) is 6.61 Å². The second-order valence-corrected chi connectivity index (χ2v) is 2.62. The Morgan fingerprint density at radius 3 is 2.67 bits per heavy atom. The Morgan fingerprint density at radius 2 is 2.13 bits per heavy atom. The van der Waals surface area contributed by atoms with Crippen LogP contribution in [0.15, 0.2) is 12.1 Å². The normalized spacial score (nSPS) is 9.47. The number of carbonyl (C=O) groups excluding carboxylic acids is 1. The van der Waals surface area contributed by atoms with E-state index in [4.69, 9.17) is 5.26 Å². The van der Waals surface area contributed by atoms with Crippen LogP contribution in [0.25, 0.3) is 0 Å². The first-order valence-corrected chi connectivity index (χ1v) is 4.17. The third-order valence-electron chi connectivity index (χ3n) is 1.70. The number of hydrogen-bond acceptors (Lipinski definition) is 3. The zero-order chi connectivity index (χ0) is 11.4. The number of carbonyl (C=O) groups is 1. The maximum atomic E-state index is 13.2. The van der Waals surface area contributed by atoms with Gasteiger partial charge >= 0.3 is 5.97 Å². The second-order valence-electron chi connectivity index (χ2n) is 2.62. The maximum Gasteiger partial charge on any atom is 0.341 e. The number of nitrogens with zero attached hydrogens (tertiary/aromatic N) is 1. The van der Waals surface area contributed by atoms with E-state index in [1.54, 1.807) is 6.92 Å². The number of hydrogen-bond donors (Lipinski definition) is 0. The predicted octanol–water partition coefficient (Wildman–Crippen LogP) is 2.01. The molecule has 0 saturated carbocycles. The molecule has 0 aromatic heterocycles. The molecule has 3 nitrogen and oxygen atoms in total. The minimum Gasteiger partial charge on any atom is -0.462 e. The molecule has 0 aliphatic heterocycles. The monoisotopic (exact) mass is 211 g/mol.